The van der Waals surface area contributed by atoms with E-state index in [-0.39, 0.29) is 0 Å². The molecule has 0 saturated heterocycles. The van der Waals surface area contributed by atoms with Crippen molar-refractivity contribution in [3.8, 4) is 16.9 Å². The lowest BCUT2D eigenvalue weighted by molar-refractivity contribution is 0.902. The predicted molar refractivity (Wildman–Crippen MR) is 95.9 cm³/mol. The van der Waals surface area contributed by atoms with E-state index in [1.807, 2.05) is 12.1 Å². The van der Waals surface area contributed by atoms with Crippen LogP contribution >= 0.6 is 0 Å². The summed E-state index contributed by atoms with van der Waals surface area (Å²) in [5.41, 5.74) is 5.88. The number of hydrogen-bond acceptors (Lipinski definition) is 1. The summed E-state index contributed by atoms with van der Waals surface area (Å²) < 4.78 is 2.07. The highest BCUT2D eigenvalue weighted by atomic mass is 15.3. The van der Waals surface area contributed by atoms with Crippen molar-refractivity contribution < 1.29 is 0 Å². The van der Waals surface area contributed by atoms with Gasteiger partial charge in [0.2, 0.25) is 0 Å². The molecule has 2 nitrogen and oxygen atoms in total. The van der Waals surface area contributed by atoms with E-state index in [4.69, 9.17) is 5.10 Å². The molecular formula is C21H18N2. The second kappa shape index (κ2) is 5.73. The molecule has 2 heteroatoms. The average Bonchev–Trinajstić information content (AvgIpc) is 3.02. The molecule has 3 aromatic carbocycles. The zero-order valence-corrected chi connectivity index (χ0v) is 13.1. The Morgan fingerprint density at radius 3 is 2.30 bits per heavy atom. The van der Waals surface area contributed by atoms with Crippen molar-refractivity contribution in [2.75, 3.05) is 0 Å². The monoisotopic (exact) mass is 298 g/mol. The van der Waals surface area contributed by atoms with E-state index in [1.165, 1.54) is 22.2 Å². The van der Waals surface area contributed by atoms with Gasteiger partial charge in [0.25, 0.3) is 0 Å². The zero-order valence-electron chi connectivity index (χ0n) is 13.1. The summed E-state index contributed by atoms with van der Waals surface area (Å²) in [6.07, 6.45) is 1.00. The first-order valence-corrected chi connectivity index (χ1v) is 8.00. The molecule has 4 aromatic rings. The maximum absolute atomic E-state index is 4.85. The number of hydrogen-bond donors (Lipinski definition) is 0. The van der Waals surface area contributed by atoms with Gasteiger partial charge in [0, 0.05) is 10.9 Å². The summed E-state index contributed by atoms with van der Waals surface area (Å²) in [7, 11) is 0. The quantitative estimate of drug-likeness (QED) is 0.505. The standard InChI is InChI=1S/C21H18N2/c1-2-16-10-6-7-13-18(16)21-19-14-8-9-15-20(19)22-23(21)17-11-4-3-5-12-17/h3-15H,2H2,1H3. The second-order valence-electron chi connectivity index (χ2n) is 5.62. The average molecular weight is 298 g/mol. The summed E-state index contributed by atoms with van der Waals surface area (Å²) in [6, 6.07) is 27.3. The molecule has 0 unspecified atom stereocenters. The van der Waals surface area contributed by atoms with Gasteiger partial charge in [-0.25, -0.2) is 4.68 Å². The SMILES string of the molecule is CCc1ccccc1-c1c2ccccc2nn1-c1ccccc1. The second-order valence-corrected chi connectivity index (χ2v) is 5.62. The molecule has 0 aliphatic heterocycles. The normalized spacial score (nSPS) is 11.0. The van der Waals surface area contributed by atoms with Crippen LogP contribution in [0, 0.1) is 0 Å². The van der Waals surface area contributed by atoms with Crippen molar-refractivity contribution in [3.63, 3.8) is 0 Å². The first-order valence-electron chi connectivity index (χ1n) is 8.00. The van der Waals surface area contributed by atoms with E-state index >= 15 is 0 Å². The Balaban J connectivity index is 2.08. The smallest absolute Gasteiger partial charge is 0.0934 e. The van der Waals surface area contributed by atoms with Gasteiger partial charge in [0.05, 0.1) is 16.9 Å². The van der Waals surface area contributed by atoms with Gasteiger partial charge in [-0.3, -0.25) is 0 Å². The van der Waals surface area contributed by atoms with Crippen LogP contribution in [0.2, 0.25) is 0 Å². The molecule has 23 heavy (non-hydrogen) atoms. The third kappa shape index (κ3) is 2.33. The van der Waals surface area contributed by atoms with Crippen LogP contribution in [0.1, 0.15) is 12.5 Å². The maximum Gasteiger partial charge on any atom is 0.0934 e. The summed E-state index contributed by atoms with van der Waals surface area (Å²) in [5, 5.41) is 6.04. The fourth-order valence-electron chi connectivity index (χ4n) is 3.11. The van der Waals surface area contributed by atoms with Crippen LogP contribution in [0.5, 0.6) is 0 Å². The lowest BCUT2D eigenvalue weighted by Gasteiger charge is -2.11. The van der Waals surface area contributed by atoms with Crippen LogP contribution < -0.4 is 0 Å². The lowest BCUT2D eigenvalue weighted by Crippen LogP contribution is -2.00. The van der Waals surface area contributed by atoms with Crippen molar-refractivity contribution in [3.05, 3.63) is 84.4 Å². The number of rotatable bonds is 3. The molecule has 0 saturated carbocycles. The molecule has 0 radical (unpaired) electrons. The fraction of sp³-hybridized carbons (Fsp3) is 0.0952. The Morgan fingerprint density at radius 1 is 0.783 bits per heavy atom. The van der Waals surface area contributed by atoms with Crippen molar-refractivity contribution in [2.45, 2.75) is 13.3 Å². The van der Waals surface area contributed by atoms with E-state index in [2.05, 4.69) is 78.3 Å². The molecule has 0 aliphatic rings. The Kier molecular flexibility index (Phi) is 3.43. The molecule has 0 atom stereocenters. The highest BCUT2D eigenvalue weighted by Crippen LogP contribution is 2.33. The lowest BCUT2D eigenvalue weighted by atomic mass is 10.00. The van der Waals surface area contributed by atoms with E-state index in [1.54, 1.807) is 0 Å². The molecular weight excluding hydrogens is 280 g/mol. The molecule has 0 aliphatic carbocycles. The van der Waals surface area contributed by atoms with Crippen LogP contribution in [0.25, 0.3) is 27.8 Å². The first kappa shape index (κ1) is 13.8. The van der Waals surface area contributed by atoms with E-state index in [0.717, 1.165) is 17.6 Å². The van der Waals surface area contributed by atoms with Crippen LogP contribution in [0.4, 0.5) is 0 Å². The minimum absolute atomic E-state index is 1.00. The van der Waals surface area contributed by atoms with Crippen LogP contribution in [0.15, 0.2) is 78.9 Å². The van der Waals surface area contributed by atoms with Gasteiger partial charge in [0.15, 0.2) is 0 Å². The molecule has 0 amide bonds. The highest BCUT2D eigenvalue weighted by Gasteiger charge is 2.16. The molecule has 4 rings (SSSR count). The van der Waals surface area contributed by atoms with Crippen molar-refractivity contribution in [2.24, 2.45) is 0 Å². The highest BCUT2D eigenvalue weighted by molar-refractivity contribution is 5.94. The Labute approximate surface area is 136 Å². The molecule has 1 heterocycles. The molecule has 0 spiro atoms. The Bertz CT molecular complexity index is 952. The number of para-hydroxylation sites is 1. The number of nitrogens with zero attached hydrogens (tertiary/aromatic N) is 2. The maximum atomic E-state index is 4.85. The summed E-state index contributed by atoms with van der Waals surface area (Å²) in [4.78, 5) is 0. The summed E-state index contributed by atoms with van der Waals surface area (Å²) >= 11 is 0. The molecule has 0 bridgehead atoms. The van der Waals surface area contributed by atoms with Gasteiger partial charge in [-0.15, -0.1) is 0 Å². The number of benzene rings is 3. The van der Waals surface area contributed by atoms with E-state index in [9.17, 15) is 0 Å². The van der Waals surface area contributed by atoms with Crippen molar-refractivity contribution in [1.29, 1.82) is 0 Å². The Hall–Kier alpha value is -2.87. The van der Waals surface area contributed by atoms with Crippen molar-refractivity contribution in [1.82, 2.24) is 9.78 Å². The minimum Gasteiger partial charge on any atom is -0.232 e. The Morgan fingerprint density at radius 2 is 1.48 bits per heavy atom. The van der Waals surface area contributed by atoms with Gasteiger partial charge in [-0.2, -0.15) is 5.10 Å². The van der Waals surface area contributed by atoms with Crippen molar-refractivity contribution >= 4 is 10.9 Å². The third-order valence-corrected chi connectivity index (χ3v) is 4.23. The largest absolute Gasteiger partial charge is 0.232 e. The summed E-state index contributed by atoms with van der Waals surface area (Å²) in [6.45, 7) is 2.20. The minimum atomic E-state index is 1.00. The van der Waals surface area contributed by atoms with E-state index < -0.39 is 0 Å². The molecule has 0 fully saturated rings. The summed E-state index contributed by atoms with van der Waals surface area (Å²) in [5.74, 6) is 0. The zero-order chi connectivity index (χ0) is 15.6. The van der Waals surface area contributed by atoms with Gasteiger partial charge in [-0.1, -0.05) is 67.6 Å². The van der Waals surface area contributed by atoms with Gasteiger partial charge in [-0.05, 0) is 30.2 Å². The number of aryl methyl sites for hydroxylation is 1. The topological polar surface area (TPSA) is 17.8 Å². The molecule has 112 valence electrons. The molecule has 0 N–H and O–H groups in total. The van der Waals surface area contributed by atoms with Gasteiger partial charge < -0.3 is 0 Å². The van der Waals surface area contributed by atoms with Crippen LogP contribution in [-0.2, 0) is 6.42 Å². The molecule has 1 aromatic heterocycles. The van der Waals surface area contributed by atoms with Gasteiger partial charge >= 0.3 is 0 Å². The van der Waals surface area contributed by atoms with Crippen LogP contribution in [0.3, 0.4) is 0 Å². The number of aromatic nitrogens is 2. The van der Waals surface area contributed by atoms with Crippen LogP contribution in [-0.4, -0.2) is 9.78 Å². The van der Waals surface area contributed by atoms with E-state index in [0.29, 0.717) is 0 Å². The van der Waals surface area contributed by atoms with Gasteiger partial charge in [0.1, 0.15) is 0 Å². The fourth-order valence-corrected chi connectivity index (χ4v) is 3.11. The first-order chi connectivity index (χ1) is 11.4. The number of fused-ring (bicyclic) bond motifs is 1. The third-order valence-electron chi connectivity index (χ3n) is 4.23. The predicted octanol–water partition coefficient (Wildman–Crippen LogP) is 5.25.